The molecule has 2 unspecified atom stereocenters. The van der Waals surface area contributed by atoms with Gasteiger partial charge in [0.05, 0.1) is 12.2 Å². The Morgan fingerprint density at radius 3 is 1.44 bits per heavy atom. The molecule has 2 N–H and O–H groups in total. The third kappa shape index (κ3) is 13.6. The van der Waals surface area contributed by atoms with Gasteiger partial charge >= 0.3 is 0 Å². The summed E-state index contributed by atoms with van der Waals surface area (Å²) < 4.78 is 0. The van der Waals surface area contributed by atoms with Crippen LogP contribution in [0.5, 0.6) is 0 Å². The average molecular weight is 335 g/mol. The second kappa shape index (κ2) is 14.6. The van der Waals surface area contributed by atoms with Crippen LogP contribution in [0.4, 0.5) is 0 Å². The molecule has 2 atom stereocenters. The maximum Gasteiger partial charge on any atom is 0.0765 e. The lowest BCUT2D eigenvalue weighted by molar-refractivity contribution is 0.223. The van der Waals surface area contributed by atoms with Gasteiger partial charge in [0.15, 0.2) is 0 Å². The number of aliphatic hydroxyl groups is 2. The second-order valence-electron chi connectivity index (χ2n) is 4.18. The standard InChI is InChI=1S/C12H24Cl2O2S2/c13-7-11(15)9-17-5-3-1-2-4-6-18-10-12(16)8-14/h11-12,15-16H,1-10H2. The predicted molar refractivity (Wildman–Crippen MR) is 86.6 cm³/mol. The topological polar surface area (TPSA) is 40.5 Å². The highest BCUT2D eigenvalue weighted by molar-refractivity contribution is 7.99. The van der Waals surface area contributed by atoms with Gasteiger partial charge in [0.2, 0.25) is 0 Å². The van der Waals surface area contributed by atoms with Gasteiger partial charge in [0.25, 0.3) is 0 Å². The molecule has 0 aliphatic heterocycles. The fourth-order valence-corrected chi connectivity index (χ4v) is 3.70. The molecule has 0 saturated heterocycles. The minimum atomic E-state index is -0.360. The monoisotopic (exact) mass is 334 g/mol. The summed E-state index contributed by atoms with van der Waals surface area (Å²) >= 11 is 14.6. The molecule has 6 heteroatoms. The van der Waals surface area contributed by atoms with Crippen LogP contribution in [0.15, 0.2) is 0 Å². The van der Waals surface area contributed by atoms with E-state index in [9.17, 15) is 10.2 Å². The molecular weight excluding hydrogens is 311 g/mol. The minimum Gasteiger partial charge on any atom is -0.391 e. The van der Waals surface area contributed by atoms with Crippen molar-refractivity contribution in [1.29, 1.82) is 0 Å². The van der Waals surface area contributed by atoms with E-state index in [-0.39, 0.29) is 12.2 Å². The Labute approximate surface area is 129 Å². The summed E-state index contributed by atoms with van der Waals surface area (Å²) in [6.45, 7) is 0. The largest absolute Gasteiger partial charge is 0.391 e. The van der Waals surface area contributed by atoms with Gasteiger partial charge in [-0.1, -0.05) is 12.8 Å². The molecule has 0 amide bonds. The Hall–Kier alpha value is 1.20. The zero-order valence-corrected chi connectivity index (χ0v) is 13.8. The molecule has 0 fully saturated rings. The molecule has 0 saturated carbocycles. The molecule has 0 aliphatic carbocycles. The van der Waals surface area contributed by atoms with Crippen LogP contribution in [0.2, 0.25) is 0 Å². The number of hydrogen-bond acceptors (Lipinski definition) is 4. The van der Waals surface area contributed by atoms with Crippen molar-refractivity contribution >= 4 is 46.7 Å². The summed E-state index contributed by atoms with van der Waals surface area (Å²) in [7, 11) is 0. The number of hydrogen-bond donors (Lipinski definition) is 2. The van der Waals surface area contributed by atoms with E-state index in [0.29, 0.717) is 11.8 Å². The Balaban J connectivity index is 3.03. The lowest BCUT2D eigenvalue weighted by atomic mass is 10.2. The minimum absolute atomic E-state index is 0.332. The van der Waals surface area contributed by atoms with Crippen LogP contribution in [-0.2, 0) is 0 Å². The molecular formula is C12H24Cl2O2S2. The lowest BCUT2D eigenvalue weighted by Crippen LogP contribution is -2.11. The number of unbranched alkanes of at least 4 members (excludes halogenated alkanes) is 3. The molecule has 0 rings (SSSR count). The van der Waals surface area contributed by atoms with Crippen molar-refractivity contribution in [1.82, 2.24) is 0 Å². The first kappa shape index (κ1) is 19.2. The van der Waals surface area contributed by atoms with Crippen LogP contribution in [0.1, 0.15) is 25.7 Å². The SMILES string of the molecule is OC(CCl)CSCCCCCCSCC(O)CCl. The normalized spacial score (nSPS) is 14.7. The predicted octanol–water partition coefficient (Wildman–Crippen LogP) is 3.21. The molecule has 0 aromatic carbocycles. The first-order valence-corrected chi connectivity index (χ1v) is 9.72. The van der Waals surface area contributed by atoms with Crippen LogP contribution in [0.25, 0.3) is 0 Å². The molecule has 0 spiro atoms. The van der Waals surface area contributed by atoms with Gasteiger partial charge in [0.1, 0.15) is 0 Å². The van der Waals surface area contributed by atoms with E-state index in [2.05, 4.69) is 0 Å². The van der Waals surface area contributed by atoms with Gasteiger partial charge < -0.3 is 10.2 Å². The van der Waals surface area contributed by atoms with Crippen molar-refractivity contribution in [2.45, 2.75) is 37.9 Å². The van der Waals surface area contributed by atoms with Gasteiger partial charge in [-0.3, -0.25) is 0 Å². The molecule has 18 heavy (non-hydrogen) atoms. The van der Waals surface area contributed by atoms with E-state index in [0.717, 1.165) is 23.0 Å². The first-order valence-electron chi connectivity index (χ1n) is 6.34. The van der Waals surface area contributed by atoms with E-state index >= 15 is 0 Å². The lowest BCUT2D eigenvalue weighted by Gasteiger charge is -2.07. The van der Waals surface area contributed by atoms with Crippen molar-refractivity contribution < 1.29 is 10.2 Å². The second-order valence-corrected chi connectivity index (χ2v) is 7.10. The van der Waals surface area contributed by atoms with Crippen molar-refractivity contribution in [2.24, 2.45) is 0 Å². The summed E-state index contributed by atoms with van der Waals surface area (Å²) in [6, 6.07) is 0. The van der Waals surface area contributed by atoms with Crippen LogP contribution in [-0.4, -0.2) is 57.2 Å². The number of alkyl halides is 2. The van der Waals surface area contributed by atoms with Gasteiger partial charge in [-0.15, -0.1) is 23.2 Å². The summed E-state index contributed by atoms with van der Waals surface area (Å²) in [5.41, 5.74) is 0. The molecule has 0 heterocycles. The van der Waals surface area contributed by atoms with Crippen LogP contribution in [0.3, 0.4) is 0 Å². The smallest absolute Gasteiger partial charge is 0.0765 e. The maximum atomic E-state index is 9.24. The highest BCUT2D eigenvalue weighted by atomic mass is 35.5. The highest BCUT2D eigenvalue weighted by Gasteiger charge is 2.02. The fourth-order valence-electron chi connectivity index (χ4n) is 1.29. The highest BCUT2D eigenvalue weighted by Crippen LogP contribution is 2.12. The molecule has 0 aromatic rings. The molecule has 0 radical (unpaired) electrons. The van der Waals surface area contributed by atoms with Gasteiger partial charge in [0, 0.05) is 23.3 Å². The number of thioether (sulfide) groups is 2. The van der Waals surface area contributed by atoms with Gasteiger partial charge in [-0.2, -0.15) is 23.5 Å². The van der Waals surface area contributed by atoms with E-state index in [1.807, 2.05) is 0 Å². The Morgan fingerprint density at radius 2 is 1.11 bits per heavy atom. The summed E-state index contributed by atoms with van der Waals surface area (Å²) in [5.74, 6) is 4.36. The van der Waals surface area contributed by atoms with Crippen LogP contribution < -0.4 is 0 Å². The third-order valence-corrected chi connectivity index (χ3v) is 5.41. The molecule has 0 aromatic heterocycles. The summed E-state index contributed by atoms with van der Waals surface area (Å²) in [4.78, 5) is 0. The van der Waals surface area contributed by atoms with Crippen molar-refractivity contribution in [3.63, 3.8) is 0 Å². The molecule has 0 bridgehead atoms. The van der Waals surface area contributed by atoms with Crippen LogP contribution in [0, 0.1) is 0 Å². The Kier molecular flexibility index (Phi) is 15.6. The zero-order valence-electron chi connectivity index (χ0n) is 10.7. The van der Waals surface area contributed by atoms with Crippen molar-refractivity contribution in [3.8, 4) is 0 Å². The average Bonchev–Trinajstić information content (AvgIpc) is 2.40. The first-order chi connectivity index (χ1) is 8.70. The van der Waals surface area contributed by atoms with Crippen LogP contribution >= 0.6 is 46.7 Å². The quantitative estimate of drug-likeness (QED) is 0.401. The molecule has 2 nitrogen and oxygen atoms in total. The molecule has 0 aliphatic rings. The summed E-state index contributed by atoms with van der Waals surface area (Å²) in [5, 5.41) is 18.5. The van der Waals surface area contributed by atoms with E-state index < -0.39 is 0 Å². The van der Waals surface area contributed by atoms with Gasteiger partial charge in [-0.05, 0) is 24.3 Å². The third-order valence-electron chi connectivity index (χ3n) is 2.30. The Morgan fingerprint density at radius 1 is 0.722 bits per heavy atom. The zero-order chi connectivity index (χ0) is 13.6. The number of rotatable bonds is 13. The van der Waals surface area contributed by atoms with Gasteiger partial charge in [-0.25, -0.2) is 0 Å². The molecule has 110 valence electrons. The summed E-state index contributed by atoms with van der Waals surface area (Å²) in [6.07, 6.45) is 4.16. The van der Waals surface area contributed by atoms with Crippen molar-refractivity contribution in [2.75, 3.05) is 34.8 Å². The van der Waals surface area contributed by atoms with Crippen molar-refractivity contribution in [3.05, 3.63) is 0 Å². The number of aliphatic hydroxyl groups excluding tert-OH is 2. The maximum absolute atomic E-state index is 9.24. The Bertz CT molecular complexity index is 158. The van der Waals surface area contributed by atoms with E-state index in [1.165, 1.54) is 25.7 Å². The van der Waals surface area contributed by atoms with E-state index in [1.54, 1.807) is 23.5 Å². The number of halogens is 2. The fraction of sp³-hybridized carbons (Fsp3) is 1.00. The van der Waals surface area contributed by atoms with E-state index in [4.69, 9.17) is 23.2 Å².